The summed E-state index contributed by atoms with van der Waals surface area (Å²) in [4.78, 5) is 25.3. The smallest absolute Gasteiger partial charge is 0.409 e. The van der Waals surface area contributed by atoms with E-state index in [-0.39, 0.29) is 23.6 Å². The van der Waals surface area contributed by atoms with E-state index in [1.807, 2.05) is 46.9 Å². The lowest BCUT2D eigenvalue weighted by atomic mass is 9.96. The SMILES string of the molecule is O=C(O)c1n[nH]c(C2CN(C(=O)OCC3c4ccccc4-c4ccccc43)C2)c1I. The number of nitrogens with one attached hydrogen (secondary N) is 1. The number of halogens is 1. The molecule has 1 aromatic heterocycles. The molecule has 0 spiro atoms. The summed E-state index contributed by atoms with van der Waals surface area (Å²) in [5, 5.41) is 15.8. The maximum Gasteiger partial charge on any atom is 0.409 e. The fourth-order valence-corrected chi connectivity index (χ4v) is 5.16. The van der Waals surface area contributed by atoms with Gasteiger partial charge in [0, 0.05) is 24.9 Å². The van der Waals surface area contributed by atoms with Gasteiger partial charge in [0.1, 0.15) is 6.61 Å². The first kappa shape index (κ1) is 19.1. The second kappa shape index (κ2) is 7.42. The van der Waals surface area contributed by atoms with Crippen molar-refractivity contribution in [1.82, 2.24) is 15.1 Å². The average molecular weight is 515 g/mol. The highest BCUT2D eigenvalue weighted by Gasteiger charge is 2.37. The zero-order chi connectivity index (χ0) is 20.8. The van der Waals surface area contributed by atoms with Crippen LogP contribution >= 0.6 is 22.6 Å². The maximum absolute atomic E-state index is 12.6. The third-order valence-electron chi connectivity index (χ3n) is 5.82. The largest absolute Gasteiger partial charge is 0.476 e. The number of hydrogen-bond acceptors (Lipinski definition) is 4. The van der Waals surface area contributed by atoms with Gasteiger partial charge in [-0.3, -0.25) is 5.10 Å². The Labute approximate surface area is 186 Å². The van der Waals surface area contributed by atoms with Crippen molar-refractivity contribution in [3.05, 3.63) is 74.6 Å². The Balaban J connectivity index is 1.24. The second-order valence-electron chi connectivity index (χ2n) is 7.51. The Bertz CT molecular complexity index is 1110. The Hall–Kier alpha value is -2.88. The predicted molar refractivity (Wildman–Crippen MR) is 118 cm³/mol. The molecule has 1 fully saturated rings. The van der Waals surface area contributed by atoms with Gasteiger partial charge >= 0.3 is 12.1 Å². The minimum absolute atomic E-state index is 0.0187. The van der Waals surface area contributed by atoms with Crippen LogP contribution in [0.1, 0.15) is 39.1 Å². The third-order valence-corrected chi connectivity index (χ3v) is 6.91. The number of H-pyrrole nitrogens is 1. The molecule has 2 aliphatic rings. The molecule has 0 atom stereocenters. The number of carboxylic acid groups (broad SMARTS) is 1. The van der Waals surface area contributed by atoms with E-state index in [4.69, 9.17) is 9.84 Å². The number of carboxylic acids is 1. The van der Waals surface area contributed by atoms with E-state index < -0.39 is 5.97 Å². The molecule has 1 aliphatic heterocycles. The third kappa shape index (κ3) is 3.06. The number of aromatic amines is 1. The van der Waals surface area contributed by atoms with E-state index in [0.717, 1.165) is 5.69 Å². The minimum atomic E-state index is -1.06. The fourth-order valence-electron chi connectivity index (χ4n) is 4.25. The van der Waals surface area contributed by atoms with Crippen LogP contribution in [0, 0.1) is 3.57 Å². The molecule has 0 radical (unpaired) electrons. The number of likely N-dealkylation sites (tertiary alicyclic amines) is 1. The first-order valence-electron chi connectivity index (χ1n) is 9.61. The topological polar surface area (TPSA) is 95.5 Å². The van der Waals surface area contributed by atoms with Gasteiger partial charge in [-0.15, -0.1) is 0 Å². The molecule has 0 unspecified atom stereocenters. The van der Waals surface area contributed by atoms with Crippen LogP contribution < -0.4 is 0 Å². The summed E-state index contributed by atoms with van der Waals surface area (Å²) in [5.74, 6) is -0.988. The highest BCUT2D eigenvalue weighted by atomic mass is 127. The molecule has 152 valence electrons. The second-order valence-corrected chi connectivity index (χ2v) is 8.59. The molecule has 1 amide bonds. The summed E-state index contributed by atoms with van der Waals surface area (Å²) in [7, 11) is 0. The molecule has 30 heavy (non-hydrogen) atoms. The number of ether oxygens (including phenoxy) is 1. The first-order valence-corrected chi connectivity index (χ1v) is 10.7. The Morgan fingerprint density at radius 3 is 2.27 bits per heavy atom. The van der Waals surface area contributed by atoms with Gasteiger partial charge in [-0.25, -0.2) is 9.59 Å². The highest BCUT2D eigenvalue weighted by molar-refractivity contribution is 14.1. The lowest BCUT2D eigenvalue weighted by Crippen LogP contribution is -2.49. The molecule has 0 saturated carbocycles. The number of carbonyl (C=O) groups excluding carboxylic acids is 1. The summed E-state index contributed by atoms with van der Waals surface area (Å²) in [6, 6.07) is 16.5. The number of amides is 1. The molecular formula is C22H18IN3O4. The minimum Gasteiger partial charge on any atom is -0.476 e. The molecule has 1 saturated heterocycles. The zero-order valence-electron chi connectivity index (χ0n) is 15.8. The van der Waals surface area contributed by atoms with Crippen LogP contribution in [0.3, 0.4) is 0 Å². The average Bonchev–Trinajstić information content (AvgIpc) is 3.24. The molecule has 7 nitrogen and oxygen atoms in total. The van der Waals surface area contributed by atoms with Crippen LogP contribution in [0.4, 0.5) is 4.79 Å². The molecule has 8 heteroatoms. The van der Waals surface area contributed by atoms with Crippen LogP contribution in [0.2, 0.25) is 0 Å². The van der Waals surface area contributed by atoms with E-state index in [9.17, 15) is 9.59 Å². The number of nitrogens with zero attached hydrogens (tertiary/aromatic N) is 2. The number of aromatic nitrogens is 2. The van der Waals surface area contributed by atoms with Gasteiger partial charge in [-0.05, 0) is 44.8 Å². The summed E-state index contributed by atoms with van der Waals surface area (Å²) >= 11 is 1.98. The number of carbonyl (C=O) groups is 2. The monoisotopic (exact) mass is 515 g/mol. The van der Waals surface area contributed by atoms with Gasteiger partial charge in [0.15, 0.2) is 5.69 Å². The summed E-state index contributed by atoms with van der Waals surface area (Å²) < 4.78 is 6.26. The van der Waals surface area contributed by atoms with Crippen molar-refractivity contribution in [2.75, 3.05) is 19.7 Å². The quantitative estimate of drug-likeness (QED) is 0.512. The van der Waals surface area contributed by atoms with Crippen molar-refractivity contribution in [3.8, 4) is 11.1 Å². The van der Waals surface area contributed by atoms with E-state index in [0.29, 0.717) is 23.3 Å². The van der Waals surface area contributed by atoms with Gasteiger partial charge in [-0.1, -0.05) is 48.5 Å². The molecule has 5 rings (SSSR count). The number of fused-ring (bicyclic) bond motifs is 3. The van der Waals surface area contributed by atoms with Crippen molar-refractivity contribution in [2.45, 2.75) is 11.8 Å². The summed E-state index contributed by atoms with van der Waals surface area (Å²) in [5.41, 5.74) is 5.53. The van der Waals surface area contributed by atoms with Gasteiger partial charge in [0.2, 0.25) is 0 Å². The van der Waals surface area contributed by atoms with Crippen molar-refractivity contribution < 1.29 is 19.4 Å². The van der Waals surface area contributed by atoms with Crippen LogP contribution in [0.15, 0.2) is 48.5 Å². The van der Waals surface area contributed by atoms with E-state index in [1.165, 1.54) is 22.3 Å². The first-order chi connectivity index (χ1) is 14.5. The summed E-state index contributed by atoms with van der Waals surface area (Å²) in [6.45, 7) is 1.25. The number of benzene rings is 2. The molecule has 2 N–H and O–H groups in total. The van der Waals surface area contributed by atoms with Crippen molar-refractivity contribution >= 4 is 34.7 Å². The summed E-state index contributed by atoms with van der Waals surface area (Å²) in [6.07, 6.45) is -0.346. The lowest BCUT2D eigenvalue weighted by Gasteiger charge is -2.38. The van der Waals surface area contributed by atoms with Crippen molar-refractivity contribution in [1.29, 1.82) is 0 Å². The van der Waals surface area contributed by atoms with Gasteiger partial charge < -0.3 is 14.7 Å². The predicted octanol–water partition coefficient (Wildman–Crippen LogP) is 4.06. The molecule has 2 aromatic carbocycles. The molecule has 2 heterocycles. The normalized spacial score (nSPS) is 15.4. The number of rotatable bonds is 4. The Morgan fingerprint density at radius 2 is 1.70 bits per heavy atom. The maximum atomic E-state index is 12.6. The molecule has 3 aromatic rings. The number of hydrogen-bond donors (Lipinski definition) is 2. The van der Waals surface area contributed by atoms with Crippen LogP contribution in [-0.4, -0.2) is 52.0 Å². The van der Waals surface area contributed by atoms with Crippen molar-refractivity contribution in [3.63, 3.8) is 0 Å². The fraction of sp³-hybridized carbons (Fsp3) is 0.227. The molecular weight excluding hydrogens is 497 g/mol. The number of aromatic carboxylic acids is 1. The highest BCUT2D eigenvalue weighted by Crippen LogP contribution is 2.44. The molecule has 0 bridgehead atoms. The lowest BCUT2D eigenvalue weighted by molar-refractivity contribution is 0.0676. The van der Waals surface area contributed by atoms with Gasteiger partial charge in [0.05, 0.1) is 9.26 Å². The van der Waals surface area contributed by atoms with Gasteiger partial charge in [0.25, 0.3) is 0 Å². The van der Waals surface area contributed by atoms with E-state index >= 15 is 0 Å². The Kier molecular flexibility index (Phi) is 4.73. The van der Waals surface area contributed by atoms with E-state index in [2.05, 4.69) is 34.5 Å². The standard InChI is InChI=1S/C22H18IN3O4/c23-18-19(24-25-20(18)21(27)28)12-9-26(10-12)22(29)30-11-17-15-7-3-1-5-13(15)14-6-2-4-8-16(14)17/h1-8,12,17H,9-11H2,(H,24,25)(H,27,28). The van der Waals surface area contributed by atoms with Crippen molar-refractivity contribution in [2.24, 2.45) is 0 Å². The molecule has 1 aliphatic carbocycles. The van der Waals surface area contributed by atoms with Gasteiger partial charge in [-0.2, -0.15) is 5.10 Å². The Morgan fingerprint density at radius 1 is 1.10 bits per heavy atom. The zero-order valence-corrected chi connectivity index (χ0v) is 18.0. The van der Waals surface area contributed by atoms with E-state index in [1.54, 1.807) is 4.90 Å². The van der Waals surface area contributed by atoms with Crippen LogP contribution in [0.5, 0.6) is 0 Å². The van der Waals surface area contributed by atoms with Crippen LogP contribution in [-0.2, 0) is 4.74 Å². The van der Waals surface area contributed by atoms with Crippen LogP contribution in [0.25, 0.3) is 11.1 Å².